The van der Waals surface area contributed by atoms with Crippen LogP contribution in [-0.4, -0.2) is 24.4 Å². The van der Waals surface area contributed by atoms with E-state index in [1.54, 1.807) is 0 Å². The molecule has 2 aromatic rings. The lowest BCUT2D eigenvalue weighted by molar-refractivity contribution is -0.403. The van der Waals surface area contributed by atoms with Crippen molar-refractivity contribution in [2.75, 3.05) is 19.0 Å². The van der Waals surface area contributed by atoms with Crippen molar-refractivity contribution in [3.63, 3.8) is 0 Å². The lowest BCUT2D eigenvalue weighted by atomic mass is 9.82. The number of anilines is 1. The van der Waals surface area contributed by atoms with Gasteiger partial charge in [0.15, 0.2) is 5.71 Å². The molecule has 2 aliphatic heterocycles. The molecule has 0 saturated heterocycles. The summed E-state index contributed by atoms with van der Waals surface area (Å²) in [4.78, 5) is 2.29. The average molecular weight is 486 g/mol. The highest BCUT2D eigenvalue weighted by atomic mass is 35.5. The predicted octanol–water partition coefficient (Wildman–Crippen LogP) is 8.41. The number of allylic oxidation sites excluding steroid dienone is 7. The molecule has 3 heteroatoms. The van der Waals surface area contributed by atoms with E-state index in [0.717, 1.165) is 23.4 Å². The van der Waals surface area contributed by atoms with E-state index in [2.05, 4.69) is 125 Å². The second kappa shape index (κ2) is 9.32. The molecule has 0 amide bonds. The normalized spacial score (nSPS) is 21.9. The van der Waals surface area contributed by atoms with Crippen LogP contribution in [-0.2, 0) is 10.8 Å². The summed E-state index contributed by atoms with van der Waals surface area (Å²) in [7, 11) is 4.28. The molecule has 5 rings (SSSR count). The quantitative estimate of drug-likeness (QED) is 0.387. The minimum absolute atomic E-state index is 0.0124. The number of benzene rings is 2. The minimum atomic E-state index is 0.0124. The van der Waals surface area contributed by atoms with E-state index in [-0.39, 0.29) is 10.8 Å². The van der Waals surface area contributed by atoms with Gasteiger partial charge in [-0.1, -0.05) is 80.6 Å². The van der Waals surface area contributed by atoms with Gasteiger partial charge in [0.2, 0.25) is 5.69 Å². The number of fused-ring (bicyclic) bond motifs is 2. The zero-order chi connectivity index (χ0) is 25.5. The summed E-state index contributed by atoms with van der Waals surface area (Å²) in [6.07, 6.45) is 8.28. The van der Waals surface area contributed by atoms with E-state index < -0.39 is 0 Å². The SMILES string of the molecule is C=CC1=C(Cl)C(=CC=C2N(C)c3ccccc3C2(C)C)CC1.CC1=[N+](C)c2ccccc2C1(C)C. The molecule has 2 aromatic carbocycles. The minimum Gasteiger partial charge on any atom is -0.347 e. The third-order valence-electron chi connectivity index (χ3n) is 8.20. The van der Waals surface area contributed by atoms with Crippen molar-refractivity contribution in [3.05, 3.63) is 106 Å². The van der Waals surface area contributed by atoms with Gasteiger partial charge < -0.3 is 4.90 Å². The highest BCUT2D eigenvalue weighted by Gasteiger charge is 2.41. The van der Waals surface area contributed by atoms with Gasteiger partial charge in [0.1, 0.15) is 7.05 Å². The smallest absolute Gasteiger partial charge is 0.209 e. The molecule has 0 radical (unpaired) electrons. The molecular weight excluding hydrogens is 448 g/mol. The molecule has 35 heavy (non-hydrogen) atoms. The standard InChI is InChI=1S/C20H22ClN.C12H16N/c1-5-14-10-11-15(19(14)21)12-13-18-20(2,3)16-8-6-7-9-17(16)22(18)4;1-9-12(2,3)10-7-5-6-8-11(10)13(9)4/h5-9,12-13H,1,10-11H2,2-4H3;5-8H,1-4H3/q;+1. The molecule has 0 bridgehead atoms. The maximum absolute atomic E-state index is 6.42. The number of likely N-dealkylation sites (N-methyl/N-ethyl adjacent to an activating group) is 1. The van der Waals surface area contributed by atoms with Gasteiger partial charge in [0.25, 0.3) is 0 Å². The predicted molar refractivity (Wildman–Crippen MR) is 152 cm³/mol. The monoisotopic (exact) mass is 485 g/mol. The second-order valence-electron chi connectivity index (χ2n) is 10.8. The number of halogens is 1. The van der Waals surface area contributed by atoms with Crippen molar-refractivity contribution in [2.45, 2.75) is 58.3 Å². The van der Waals surface area contributed by atoms with E-state index >= 15 is 0 Å². The number of para-hydroxylation sites is 2. The van der Waals surface area contributed by atoms with Crippen molar-refractivity contribution >= 4 is 28.7 Å². The summed E-state index contributed by atoms with van der Waals surface area (Å²) in [6, 6.07) is 17.2. The van der Waals surface area contributed by atoms with Crippen molar-refractivity contribution in [3.8, 4) is 0 Å². The summed E-state index contributed by atoms with van der Waals surface area (Å²) in [5, 5.41) is 0.878. The second-order valence-corrected chi connectivity index (χ2v) is 11.2. The maximum atomic E-state index is 6.42. The summed E-state index contributed by atoms with van der Waals surface area (Å²) in [5.41, 5.74) is 10.8. The first-order valence-corrected chi connectivity index (χ1v) is 12.8. The first kappa shape index (κ1) is 25.3. The number of hydrogen-bond acceptors (Lipinski definition) is 1. The van der Waals surface area contributed by atoms with Crippen LogP contribution in [0.4, 0.5) is 11.4 Å². The van der Waals surface area contributed by atoms with Crippen molar-refractivity contribution in [2.24, 2.45) is 0 Å². The Bertz CT molecular complexity index is 1300. The molecule has 3 aliphatic rings. The molecule has 2 heterocycles. The van der Waals surface area contributed by atoms with E-state index in [9.17, 15) is 0 Å². The van der Waals surface area contributed by atoms with Crippen LogP contribution in [0, 0.1) is 0 Å². The molecule has 0 spiro atoms. The molecule has 2 nitrogen and oxygen atoms in total. The van der Waals surface area contributed by atoms with Crippen molar-refractivity contribution in [1.29, 1.82) is 0 Å². The van der Waals surface area contributed by atoms with Crippen LogP contribution in [0.5, 0.6) is 0 Å². The van der Waals surface area contributed by atoms with Crippen LogP contribution in [0.25, 0.3) is 0 Å². The van der Waals surface area contributed by atoms with Gasteiger partial charge in [-0.15, -0.1) is 0 Å². The molecule has 0 atom stereocenters. The van der Waals surface area contributed by atoms with Gasteiger partial charge in [-0.05, 0) is 55.5 Å². The van der Waals surface area contributed by atoms with E-state index in [1.807, 2.05) is 6.08 Å². The van der Waals surface area contributed by atoms with Crippen LogP contribution < -0.4 is 4.90 Å². The van der Waals surface area contributed by atoms with E-state index in [0.29, 0.717) is 0 Å². The topological polar surface area (TPSA) is 6.25 Å². The van der Waals surface area contributed by atoms with E-state index in [4.69, 9.17) is 11.6 Å². The largest absolute Gasteiger partial charge is 0.347 e. The molecule has 0 unspecified atom stereocenters. The van der Waals surface area contributed by atoms with E-state index in [1.165, 1.54) is 39.5 Å². The van der Waals surface area contributed by atoms with Crippen LogP contribution in [0.3, 0.4) is 0 Å². The third kappa shape index (κ3) is 4.23. The Kier molecular flexibility index (Phi) is 6.72. The molecule has 0 fully saturated rings. The van der Waals surface area contributed by atoms with Gasteiger partial charge in [-0.2, -0.15) is 0 Å². The van der Waals surface area contributed by atoms with Gasteiger partial charge in [-0.3, -0.25) is 0 Å². The fourth-order valence-electron chi connectivity index (χ4n) is 5.61. The van der Waals surface area contributed by atoms with Crippen LogP contribution in [0.15, 0.2) is 95.2 Å². The van der Waals surface area contributed by atoms with Gasteiger partial charge in [-0.25, -0.2) is 4.58 Å². The zero-order valence-corrected chi connectivity index (χ0v) is 23.0. The zero-order valence-electron chi connectivity index (χ0n) is 22.2. The summed E-state index contributed by atoms with van der Waals surface area (Å²) >= 11 is 6.42. The lowest BCUT2D eigenvalue weighted by Crippen LogP contribution is -2.25. The average Bonchev–Trinajstić information content (AvgIpc) is 3.36. The highest BCUT2D eigenvalue weighted by Crippen LogP contribution is 2.47. The van der Waals surface area contributed by atoms with Crippen molar-refractivity contribution in [1.82, 2.24) is 0 Å². The molecule has 0 N–H and O–H groups in total. The van der Waals surface area contributed by atoms with Gasteiger partial charge in [0.05, 0.1) is 5.41 Å². The number of nitrogens with zero attached hydrogens (tertiary/aromatic N) is 2. The Morgan fingerprint density at radius 2 is 1.54 bits per heavy atom. The Morgan fingerprint density at radius 3 is 2.14 bits per heavy atom. The Labute approximate surface area is 216 Å². The Balaban J connectivity index is 0.000000189. The fraction of sp³-hybridized carbons (Fsp3) is 0.344. The van der Waals surface area contributed by atoms with Crippen LogP contribution in [0.2, 0.25) is 0 Å². The third-order valence-corrected chi connectivity index (χ3v) is 8.69. The van der Waals surface area contributed by atoms with Gasteiger partial charge >= 0.3 is 0 Å². The summed E-state index contributed by atoms with van der Waals surface area (Å²) < 4.78 is 2.29. The molecule has 0 aromatic heterocycles. The highest BCUT2D eigenvalue weighted by molar-refractivity contribution is 6.33. The Morgan fingerprint density at radius 1 is 0.914 bits per heavy atom. The first-order chi connectivity index (χ1) is 16.5. The first-order valence-electron chi connectivity index (χ1n) is 12.4. The summed E-state index contributed by atoms with van der Waals surface area (Å²) in [6.45, 7) is 15.2. The lowest BCUT2D eigenvalue weighted by Gasteiger charge is -2.23. The summed E-state index contributed by atoms with van der Waals surface area (Å²) in [5.74, 6) is 0. The number of rotatable bonds is 2. The molecule has 0 saturated carbocycles. The fourth-order valence-corrected chi connectivity index (χ4v) is 5.94. The van der Waals surface area contributed by atoms with Crippen LogP contribution >= 0.6 is 11.6 Å². The Hall–Kier alpha value is -2.84. The van der Waals surface area contributed by atoms with Crippen LogP contribution in [0.1, 0.15) is 58.6 Å². The molecule has 1 aliphatic carbocycles. The maximum Gasteiger partial charge on any atom is 0.209 e. The van der Waals surface area contributed by atoms with Crippen molar-refractivity contribution < 1.29 is 4.58 Å². The molecular formula is C32H38ClN2+. The van der Waals surface area contributed by atoms with Gasteiger partial charge in [0, 0.05) is 47.4 Å². The molecule has 182 valence electrons. The number of hydrogen-bond donors (Lipinski definition) is 0.